The van der Waals surface area contributed by atoms with Gasteiger partial charge in [0.25, 0.3) is 0 Å². The van der Waals surface area contributed by atoms with E-state index in [1.165, 1.54) is 40.1 Å². The lowest BCUT2D eigenvalue weighted by Crippen LogP contribution is -2.45. The standard InChI is InChI=1S/C23H19FN6O2S2/c1-23(2,3)29(22(31)32)20-25-17-9-8-15(12-18(17)34-20)33-21-27-26-19-11-10-16(28-30(19)21)13-4-6-14(24)7-5-13/h4-12H,1-3H3,(H,31,32). The minimum absolute atomic E-state index is 0.305. The zero-order valence-electron chi connectivity index (χ0n) is 18.4. The minimum atomic E-state index is -1.04. The van der Waals surface area contributed by atoms with Gasteiger partial charge in [0.2, 0.25) is 5.16 Å². The fourth-order valence-corrected chi connectivity index (χ4v) is 5.51. The van der Waals surface area contributed by atoms with Gasteiger partial charge in [0.1, 0.15) is 5.82 Å². The van der Waals surface area contributed by atoms with Crippen molar-refractivity contribution < 1.29 is 14.3 Å². The molecule has 5 aromatic rings. The molecule has 0 aliphatic rings. The summed E-state index contributed by atoms with van der Waals surface area (Å²) >= 11 is 2.71. The van der Waals surface area contributed by atoms with E-state index in [0.717, 1.165) is 20.7 Å². The number of aromatic nitrogens is 5. The Kier molecular flexibility index (Phi) is 5.45. The second-order valence-corrected chi connectivity index (χ2v) is 10.5. The first kappa shape index (κ1) is 22.2. The monoisotopic (exact) mass is 494 g/mol. The maximum atomic E-state index is 13.3. The SMILES string of the molecule is CC(C)(C)N(C(=O)O)c1nc2ccc(Sc3nnc4ccc(-c5ccc(F)cc5)nn34)cc2s1. The molecule has 0 saturated heterocycles. The van der Waals surface area contributed by atoms with E-state index in [0.29, 0.717) is 21.6 Å². The summed E-state index contributed by atoms with van der Waals surface area (Å²) in [5, 5.41) is 23.8. The second-order valence-electron chi connectivity index (χ2n) is 8.49. The number of carboxylic acid groups (broad SMARTS) is 1. The van der Waals surface area contributed by atoms with E-state index in [1.54, 1.807) is 16.6 Å². The number of halogens is 1. The molecular formula is C23H19FN6O2S2. The van der Waals surface area contributed by atoms with Crippen molar-refractivity contribution in [2.24, 2.45) is 0 Å². The summed E-state index contributed by atoms with van der Waals surface area (Å²) in [6.45, 7) is 5.49. The second kappa shape index (κ2) is 8.33. The normalized spacial score (nSPS) is 11.9. The average Bonchev–Trinajstić information content (AvgIpc) is 3.36. The quantitative estimate of drug-likeness (QED) is 0.329. The van der Waals surface area contributed by atoms with Crippen LogP contribution in [0.25, 0.3) is 27.1 Å². The number of rotatable bonds is 4. The van der Waals surface area contributed by atoms with E-state index in [2.05, 4.69) is 20.3 Å². The molecule has 3 aromatic heterocycles. The number of fused-ring (bicyclic) bond motifs is 2. The first-order valence-electron chi connectivity index (χ1n) is 10.3. The molecule has 11 heteroatoms. The highest BCUT2D eigenvalue weighted by Crippen LogP contribution is 2.36. The van der Waals surface area contributed by atoms with Gasteiger partial charge in [-0.15, -0.1) is 10.2 Å². The van der Waals surface area contributed by atoms with E-state index >= 15 is 0 Å². The van der Waals surface area contributed by atoms with Crippen LogP contribution in [0.15, 0.2) is 64.6 Å². The number of anilines is 1. The average molecular weight is 495 g/mol. The van der Waals surface area contributed by atoms with Crippen molar-refractivity contribution in [3.8, 4) is 11.3 Å². The number of amides is 1. The van der Waals surface area contributed by atoms with Crippen LogP contribution in [0.4, 0.5) is 14.3 Å². The topological polar surface area (TPSA) is 96.5 Å². The number of benzene rings is 2. The van der Waals surface area contributed by atoms with Crippen LogP contribution in [-0.4, -0.2) is 41.5 Å². The molecule has 0 unspecified atom stereocenters. The van der Waals surface area contributed by atoms with Crippen molar-refractivity contribution in [2.45, 2.75) is 36.4 Å². The van der Waals surface area contributed by atoms with Gasteiger partial charge in [-0.3, -0.25) is 0 Å². The summed E-state index contributed by atoms with van der Waals surface area (Å²) < 4.78 is 15.8. The first-order chi connectivity index (χ1) is 16.2. The maximum absolute atomic E-state index is 13.3. The summed E-state index contributed by atoms with van der Waals surface area (Å²) in [4.78, 5) is 18.5. The molecule has 5 rings (SSSR count). The van der Waals surface area contributed by atoms with Crippen molar-refractivity contribution in [1.82, 2.24) is 24.8 Å². The van der Waals surface area contributed by atoms with Gasteiger partial charge in [0.05, 0.1) is 15.9 Å². The van der Waals surface area contributed by atoms with Crippen LogP contribution in [0.5, 0.6) is 0 Å². The number of carbonyl (C=O) groups is 1. The van der Waals surface area contributed by atoms with E-state index in [9.17, 15) is 14.3 Å². The van der Waals surface area contributed by atoms with Crippen molar-refractivity contribution in [2.75, 3.05) is 4.90 Å². The molecular weight excluding hydrogens is 475 g/mol. The van der Waals surface area contributed by atoms with Gasteiger partial charge in [-0.2, -0.15) is 9.61 Å². The molecule has 3 heterocycles. The molecule has 0 spiro atoms. The molecule has 34 heavy (non-hydrogen) atoms. The number of nitrogens with zero attached hydrogens (tertiary/aromatic N) is 6. The van der Waals surface area contributed by atoms with Crippen LogP contribution in [0.2, 0.25) is 0 Å². The summed E-state index contributed by atoms with van der Waals surface area (Å²) in [6.07, 6.45) is -1.04. The zero-order chi connectivity index (χ0) is 24.0. The molecule has 1 N–H and O–H groups in total. The fraction of sp³-hybridized carbons (Fsp3) is 0.174. The Balaban J connectivity index is 1.48. The molecule has 1 amide bonds. The highest BCUT2D eigenvalue weighted by molar-refractivity contribution is 7.99. The molecule has 0 radical (unpaired) electrons. The van der Waals surface area contributed by atoms with Gasteiger partial charge in [-0.1, -0.05) is 11.3 Å². The Hall–Kier alpha value is -3.57. The number of hydrogen-bond donors (Lipinski definition) is 1. The lowest BCUT2D eigenvalue weighted by molar-refractivity contribution is 0.195. The minimum Gasteiger partial charge on any atom is -0.465 e. The molecule has 0 bridgehead atoms. The zero-order valence-corrected chi connectivity index (χ0v) is 20.1. The van der Waals surface area contributed by atoms with Crippen molar-refractivity contribution in [3.63, 3.8) is 0 Å². The Morgan fingerprint density at radius 2 is 1.85 bits per heavy atom. The molecule has 0 aliphatic carbocycles. The van der Waals surface area contributed by atoms with E-state index < -0.39 is 11.6 Å². The van der Waals surface area contributed by atoms with Gasteiger partial charge >= 0.3 is 6.09 Å². The highest BCUT2D eigenvalue weighted by atomic mass is 32.2. The molecule has 2 aromatic carbocycles. The third-order valence-electron chi connectivity index (χ3n) is 4.99. The third kappa shape index (κ3) is 4.19. The van der Waals surface area contributed by atoms with Crippen LogP contribution in [-0.2, 0) is 0 Å². The maximum Gasteiger partial charge on any atom is 0.414 e. The summed E-state index contributed by atoms with van der Waals surface area (Å²) in [7, 11) is 0. The Morgan fingerprint density at radius 3 is 2.56 bits per heavy atom. The lowest BCUT2D eigenvalue weighted by atomic mass is 10.1. The van der Waals surface area contributed by atoms with Crippen molar-refractivity contribution in [1.29, 1.82) is 0 Å². The smallest absolute Gasteiger partial charge is 0.414 e. The van der Waals surface area contributed by atoms with Gasteiger partial charge in [0.15, 0.2) is 10.8 Å². The molecule has 0 aliphatic heterocycles. The van der Waals surface area contributed by atoms with E-state index in [-0.39, 0.29) is 5.82 Å². The fourth-order valence-electron chi connectivity index (χ4n) is 3.42. The van der Waals surface area contributed by atoms with Gasteiger partial charge in [-0.05, 0) is 87.1 Å². The van der Waals surface area contributed by atoms with E-state index in [1.807, 2.05) is 51.1 Å². The van der Waals surface area contributed by atoms with Gasteiger partial charge in [-0.25, -0.2) is 19.1 Å². The lowest BCUT2D eigenvalue weighted by Gasteiger charge is -2.30. The first-order valence-corrected chi connectivity index (χ1v) is 11.9. The van der Waals surface area contributed by atoms with Crippen LogP contribution in [0, 0.1) is 5.82 Å². The summed E-state index contributed by atoms with van der Waals surface area (Å²) in [5.74, 6) is -0.305. The summed E-state index contributed by atoms with van der Waals surface area (Å²) in [5.41, 5.74) is 2.16. The number of hydrogen-bond acceptors (Lipinski definition) is 7. The van der Waals surface area contributed by atoms with Crippen LogP contribution in [0.1, 0.15) is 20.8 Å². The van der Waals surface area contributed by atoms with Crippen LogP contribution < -0.4 is 4.90 Å². The Bertz CT molecular complexity index is 1520. The van der Waals surface area contributed by atoms with Crippen LogP contribution in [0.3, 0.4) is 0 Å². The van der Waals surface area contributed by atoms with Gasteiger partial charge in [0, 0.05) is 16.0 Å². The predicted molar refractivity (Wildman–Crippen MR) is 130 cm³/mol. The molecule has 0 saturated carbocycles. The molecule has 0 fully saturated rings. The van der Waals surface area contributed by atoms with E-state index in [4.69, 9.17) is 0 Å². The largest absolute Gasteiger partial charge is 0.465 e. The van der Waals surface area contributed by atoms with Crippen molar-refractivity contribution >= 4 is 50.2 Å². The highest BCUT2D eigenvalue weighted by Gasteiger charge is 2.30. The Morgan fingerprint density at radius 1 is 1.09 bits per heavy atom. The third-order valence-corrected chi connectivity index (χ3v) is 6.92. The molecule has 0 atom stereocenters. The predicted octanol–water partition coefficient (Wildman–Crippen LogP) is 5.97. The molecule has 8 nitrogen and oxygen atoms in total. The molecule has 172 valence electrons. The Labute approximate surface area is 202 Å². The van der Waals surface area contributed by atoms with Gasteiger partial charge < -0.3 is 5.11 Å². The summed E-state index contributed by atoms with van der Waals surface area (Å²) in [6, 6.07) is 15.5. The van der Waals surface area contributed by atoms with Crippen molar-refractivity contribution in [3.05, 3.63) is 60.4 Å². The number of thiazole rings is 1. The van der Waals surface area contributed by atoms with Crippen LogP contribution >= 0.6 is 23.1 Å².